The van der Waals surface area contributed by atoms with Gasteiger partial charge >= 0.3 is 0 Å². The molecule has 3 heteroatoms. The summed E-state index contributed by atoms with van der Waals surface area (Å²) in [6.45, 7) is 4.68. The van der Waals surface area contributed by atoms with E-state index in [0.717, 1.165) is 13.0 Å². The van der Waals surface area contributed by atoms with Gasteiger partial charge in [-0.3, -0.25) is 5.32 Å². The molecule has 0 saturated heterocycles. The first-order valence-electron chi connectivity index (χ1n) is 5.67. The molecule has 0 aliphatic carbocycles. The van der Waals surface area contributed by atoms with E-state index in [9.17, 15) is 0 Å². The molecular weight excluding hydrogens is 200 g/mol. The minimum absolute atomic E-state index is 0. The van der Waals surface area contributed by atoms with E-state index in [0.29, 0.717) is 0 Å². The first-order chi connectivity index (χ1) is 7.74. The van der Waals surface area contributed by atoms with Gasteiger partial charge in [-0.05, 0) is 37.4 Å². The Morgan fingerprint density at radius 2 is 2.12 bits per heavy atom. The number of rotatable bonds is 3. The van der Waals surface area contributed by atoms with Crippen LogP contribution >= 0.6 is 0 Å². The van der Waals surface area contributed by atoms with E-state index >= 15 is 0 Å². The average molecular weight is 224 g/mol. The van der Waals surface area contributed by atoms with Crippen LogP contribution in [0.1, 0.15) is 23.1 Å². The SMILES string of the molecule is CCCNC(C)O.[HH].[HH].c1ccc2[nH]ccc2c1. The number of aromatic amines is 1. The Balaban J connectivity index is 0. The van der Waals surface area contributed by atoms with Crippen molar-refractivity contribution in [3.63, 3.8) is 0 Å². The van der Waals surface area contributed by atoms with E-state index in [2.05, 4.69) is 35.4 Å². The smallest absolute Gasteiger partial charge is 0.102 e. The highest BCUT2D eigenvalue weighted by atomic mass is 16.3. The molecule has 2 aromatic rings. The maximum absolute atomic E-state index is 8.57. The Kier molecular flexibility index (Phi) is 5.61. The van der Waals surface area contributed by atoms with Gasteiger partial charge in [-0.25, -0.2) is 0 Å². The van der Waals surface area contributed by atoms with Crippen molar-refractivity contribution in [1.29, 1.82) is 0 Å². The number of fused-ring (bicyclic) bond motifs is 1. The van der Waals surface area contributed by atoms with Crippen molar-refractivity contribution in [3.8, 4) is 0 Å². The van der Waals surface area contributed by atoms with Crippen LogP contribution in [-0.4, -0.2) is 22.9 Å². The van der Waals surface area contributed by atoms with Gasteiger partial charge in [0, 0.05) is 14.6 Å². The van der Waals surface area contributed by atoms with E-state index in [1.807, 2.05) is 18.3 Å². The van der Waals surface area contributed by atoms with Crippen LogP contribution in [-0.2, 0) is 0 Å². The van der Waals surface area contributed by atoms with Crippen LogP contribution in [0.2, 0.25) is 0 Å². The molecular formula is C13H24N2O. The standard InChI is InChI=1S/C8H7N.C5H13NO.2H2/c1-2-4-8-7(3-1)5-6-9-8;1-3-4-6-5(2)7;;/h1-6,9H;5-7H,3-4H2,1-2H3;2*1H. The number of aliphatic hydroxyl groups excluding tert-OH is 1. The zero-order valence-corrected chi connectivity index (χ0v) is 9.90. The molecule has 3 nitrogen and oxygen atoms in total. The maximum Gasteiger partial charge on any atom is 0.102 e. The highest BCUT2D eigenvalue weighted by molar-refractivity contribution is 5.78. The van der Waals surface area contributed by atoms with E-state index in [1.54, 1.807) is 6.92 Å². The van der Waals surface area contributed by atoms with Crippen molar-refractivity contribution in [1.82, 2.24) is 10.3 Å². The molecule has 0 radical (unpaired) electrons. The summed E-state index contributed by atoms with van der Waals surface area (Å²) in [5, 5.41) is 12.7. The molecule has 0 fully saturated rings. The van der Waals surface area contributed by atoms with E-state index < -0.39 is 0 Å². The van der Waals surface area contributed by atoms with Crippen LogP contribution in [0.3, 0.4) is 0 Å². The van der Waals surface area contributed by atoms with E-state index in [-0.39, 0.29) is 9.08 Å². The molecule has 0 amide bonds. The summed E-state index contributed by atoms with van der Waals surface area (Å²) in [7, 11) is 0. The molecule has 0 saturated carbocycles. The van der Waals surface area contributed by atoms with Crippen LogP contribution in [0, 0.1) is 0 Å². The monoisotopic (exact) mass is 224 g/mol. The molecule has 1 aromatic carbocycles. The third-order valence-corrected chi connectivity index (χ3v) is 2.15. The van der Waals surface area contributed by atoms with Crippen LogP contribution in [0.5, 0.6) is 0 Å². The number of hydrogen-bond acceptors (Lipinski definition) is 2. The highest BCUT2D eigenvalue weighted by Gasteiger charge is 1.87. The molecule has 1 atom stereocenters. The van der Waals surface area contributed by atoms with Crippen LogP contribution in [0.4, 0.5) is 0 Å². The molecule has 0 aliphatic rings. The molecule has 3 N–H and O–H groups in total. The first kappa shape index (κ1) is 12.7. The van der Waals surface area contributed by atoms with Gasteiger partial charge < -0.3 is 10.1 Å². The normalized spacial score (nSPS) is 11.9. The number of hydrogen-bond donors (Lipinski definition) is 3. The van der Waals surface area contributed by atoms with Crippen molar-refractivity contribution in [3.05, 3.63) is 36.5 Å². The van der Waals surface area contributed by atoms with Gasteiger partial charge in [0.15, 0.2) is 0 Å². The molecule has 92 valence electrons. The van der Waals surface area contributed by atoms with Gasteiger partial charge in [0.2, 0.25) is 0 Å². The fourth-order valence-corrected chi connectivity index (χ4v) is 1.35. The van der Waals surface area contributed by atoms with Crippen molar-refractivity contribution >= 4 is 10.9 Å². The second-order valence-electron chi connectivity index (χ2n) is 3.70. The fourth-order valence-electron chi connectivity index (χ4n) is 1.35. The fraction of sp³-hybridized carbons (Fsp3) is 0.385. The largest absolute Gasteiger partial charge is 0.379 e. The van der Waals surface area contributed by atoms with E-state index in [4.69, 9.17) is 5.11 Å². The zero-order chi connectivity index (χ0) is 11.8. The third kappa shape index (κ3) is 4.47. The topological polar surface area (TPSA) is 48.0 Å². The Hall–Kier alpha value is -1.32. The molecule has 1 heterocycles. The summed E-state index contributed by atoms with van der Waals surface area (Å²) in [4.78, 5) is 3.12. The van der Waals surface area contributed by atoms with E-state index in [1.165, 1.54) is 10.9 Å². The predicted molar refractivity (Wildman–Crippen MR) is 72.5 cm³/mol. The molecule has 2 rings (SSSR count). The van der Waals surface area contributed by atoms with Gasteiger partial charge in [0.05, 0.1) is 0 Å². The van der Waals surface area contributed by atoms with Crippen molar-refractivity contribution < 1.29 is 7.96 Å². The van der Waals surface area contributed by atoms with Gasteiger partial charge in [0.25, 0.3) is 0 Å². The Bertz CT molecular complexity index is 374. The minimum Gasteiger partial charge on any atom is -0.379 e. The molecule has 16 heavy (non-hydrogen) atoms. The number of nitrogens with one attached hydrogen (secondary N) is 2. The van der Waals surface area contributed by atoms with Gasteiger partial charge in [-0.1, -0.05) is 25.1 Å². The van der Waals surface area contributed by atoms with Crippen molar-refractivity contribution in [2.45, 2.75) is 26.5 Å². The zero-order valence-electron chi connectivity index (χ0n) is 9.90. The summed E-state index contributed by atoms with van der Waals surface area (Å²) in [5.74, 6) is 0. The van der Waals surface area contributed by atoms with Gasteiger partial charge in [-0.2, -0.15) is 0 Å². The highest BCUT2D eigenvalue weighted by Crippen LogP contribution is 2.09. The molecule has 0 aliphatic heterocycles. The van der Waals surface area contributed by atoms with Crippen LogP contribution < -0.4 is 5.32 Å². The second-order valence-corrected chi connectivity index (χ2v) is 3.70. The third-order valence-electron chi connectivity index (χ3n) is 2.15. The molecule has 1 unspecified atom stereocenters. The number of para-hydroxylation sites is 1. The summed E-state index contributed by atoms with van der Waals surface area (Å²) < 4.78 is 0. The quantitative estimate of drug-likeness (QED) is 0.702. The lowest BCUT2D eigenvalue weighted by atomic mass is 10.3. The van der Waals surface area contributed by atoms with Gasteiger partial charge in [-0.15, -0.1) is 0 Å². The van der Waals surface area contributed by atoms with Crippen LogP contribution in [0.25, 0.3) is 10.9 Å². The summed E-state index contributed by atoms with van der Waals surface area (Å²) >= 11 is 0. The predicted octanol–water partition coefficient (Wildman–Crippen LogP) is 2.98. The molecule has 0 spiro atoms. The minimum atomic E-state index is -0.347. The Morgan fingerprint density at radius 1 is 1.38 bits per heavy atom. The number of aliphatic hydroxyl groups is 1. The first-order valence-corrected chi connectivity index (χ1v) is 5.67. The number of benzene rings is 1. The Labute approximate surface area is 99.5 Å². The van der Waals surface area contributed by atoms with Crippen molar-refractivity contribution in [2.24, 2.45) is 0 Å². The lowest BCUT2D eigenvalue weighted by Gasteiger charge is -2.02. The maximum atomic E-state index is 8.57. The Morgan fingerprint density at radius 3 is 2.69 bits per heavy atom. The molecule has 0 bridgehead atoms. The number of aromatic nitrogens is 1. The summed E-state index contributed by atoms with van der Waals surface area (Å²) in [5.41, 5.74) is 1.21. The summed E-state index contributed by atoms with van der Waals surface area (Å²) in [6.07, 6.45) is 2.68. The van der Waals surface area contributed by atoms with Gasteiger partial charge in [0.1, 0.15) is 6.23 Å². The van der Waals surface area contributed by atoms with Crippen molar-refractivity contribution in [2.75, 3.05) is 6.54 Å². The van der Waals surface area contributed by atoms with Crippen LogP contribution in [0.15, 0.2) is 36.5 Å². The summed E-state index contributed by atoms with van der Waals surface area (Å²) in [6, 6.07) is 10.3. The lowest BCUT2D eigenvalue weighted by Crippen LogP contribution is -2.25. The lowest BCUT2D eigenvalue weighted by molar-refractivity contribution is 0.157. The molecule has 1 aromatic heterocycles. The number of H-pyrrole nitrogens is 1. The average Bonchev–Trinajstić information content (AvgIpc) is 2.75. The second kappa shape index (κ2) is 7.04.